The number of amides is 1. The second kappa shape index (κ2) is 8.24. The monoisotopic (exact) mass is 394 g/mol. The van der Waals surface area contributed by atoms with Crippen molar-refractivity contribution in [2.75, 3.05) is 23.4 Å². The fourth-order valence-electron chi connectivity index (χ4n) is 2.18. The minimum atomic E-state index is -3.91. The van der Waals surface area contributed by atoms with Crippen LogP contribution in [0, 0.1) is 0 Å². The van der Waals surface area contributed by atoms with Crippen molar-refractivity contribution >= 4 is 45.0 Å². The van der Waals surface area contributed by atoms with Crippen molar-refractivity contribution in [3.63, 3.8) is 0 Å². The molecule has 0 saturated heterocycles. The number of carbonyl (C=O) groups is 2. The SMILES string of the molecule is COC(=O)c1cccc(NS(=O)(=O)c2ccc(SC)c(NC(C)=O)c2)c1. The van der Waals surface area contributed by atoms with Crippen LogP contribution in [0.15, 0.2) is 52.3 Å². The molecule has 2 rings (SSSR count). The molecule has 9 heteroatoms. The first-order valence-corrected chi connectivity index (χ1v) is 10.1. The quantitative estimate of drug-likeness (QED) is 0.577. The van der Waals surface area contributed by atoms with E-state index < -0.39 is 16.0 Å². The lowest BCUT2D eigenvalue weighted by Crippen LogP contribution is -2.15. The van der Waals surface area contributed by atoms with Gasteiger partial charge in [0, 0.05) is 17.5 Å². The summed E-state index contributed by atoms with van der Waals surface area (Å²) in [6.45, 7) is 1.35. The maximum Gasteiger partial charge on any atom is 0.337 e. The number of hydrogen-bond acceptors (Lipinski definition) is 6. The van der Waals surface area contributed by atoms with Crippen molar-refractivity contribution in [1.29, 1.82) is 0 Å². The molecular weight excluding hydrogens is 376 g/mol. The zero-order valence-electron chi connectivity index (χ0n) is 14.4. The van der Waals surface area contributed by atoms with Crippen LogP contribution in [-0.2, 0) is 19.6 Å². The van der Waals surface area contributed by atoms with Gasteiger partial charge in [-0.05, 0) is 42.7 Å². The number of ether oxygens (including phenoxy) is 1. The smallest absolute Gasteiger partial charge is 0.337 e. The Morgan fingerprint density at radius 2 is 1.85 bits per heavy atom. The lowest BCUT2D eigenvalue weighted by Gasteiger charge is -2.13. The summed E-state index contributed by atoms with van der Waals surface area (Å²) in [5, 5.41) is 2.62. The molecule has 2 aromatic carbocycles. The number of nitrogens with one attached hydrogen (secondary N) is 2. The molecule has 0 spiro atoms. The molecule has 0 aliphatic heterocycles. The zero-order chi connectivity index (χ0) is 19.3. The van der Waals surface area contributed by atoms with Gasteiger partial charge >= 0.3 is 5.97 Å². The van der Waals surface area contributed by atoms with E-state index in [2.05, 4.69) is 14.8 Å². The van der Waals surface area contributed by atoms with Crippen LogP contribution in [0.25, 0.3) is 0 Å². The third-order valence-electron chi connectivity index (χ3n) is 3.33. The number of sulfonamides is 1. The Bertz CT molecular complexity index is 942. The molecule has 0 saturated carbocycles. The molecule has 7 nitrogen and oxygen atoms in total. The lowest BCUT2D eigenvalue weighted by molar-refractivity contribution is -0.114. The highest BCUT2D eigenvalue weighted by molar-refractivity contribution is 7.98. The van der Waals surface area contributed by atoms with Crippen molar-refractivity contribution in [2.24, 2.45) is 0 Å². The molecule has 0 atom stereocenters. The number of hydrogen-bond donors (Lipinski definition) is 2. The number of benzene rings is 2. The number of methoxy groups -OCH3 is 1. The number of carbonyl (C=O) groups excluding carboxylic acids is 2. The van der Waals surface area contributed by atoms with E-state index in [0.29, 0.717) is 5.69 Å². The van der Waals surface area contributed by atoms with Crippen LogP contribution in [0.2, 0.25) is 0 Å². The normalized spacial score (nSPS) is 10.9. The summed E-state index contributed by atoms with van der Waals surface area (Å²) in [5.74, 6) is -0.864. The van der Waals surface area contributed by atoms with Gasteiger partial charge in [0.2, 0.25) is 5.91 Å². The number of anilines is 2. The van der Waals surface area contributed by atoms with Crippen molar-refractivity contribution in [3.8, 4) is 0 Å². The van der Waals surface area contributed by atoms with Crippen LogP contribution < -0.4 is 10.0 Å². The molecule has 0 unspecified atom stereocenters. The first-order valence-electron chi connectivity index (χ1n) is 7.43. The molecule has 0 aromatic heterocycles. The maximum absolute atomic E-state index is 12.6. The van der Waals surface area contributed by atoms with Gasteiger partial charge in [-0.25, -0.2) is 13.2 Å². The standard InChI is InChI=1S/C17H18N2O5S2/c1-11(20)18-15-10-14(7-8-16(15)25-3)26(22,23)19-13-6-4-5-12(9-13)17(21)24-2/h4-10,19H,1-3H3,(H,18,20). The lowest BCUT2D eigenvalue weighted by atomic mass is 10.2. The van der Waals surface area contributed by atoms with E-state index in [9.17, 15) is 18.0 Å². The van der Waals surface area contributed by atoms with E-state index >= 15 is 0 Å². The van der Waals surface area contributed by atoms with E-state index in [1.807, 2.05) is 6.26 Å². The summed E-state index contributed by atoms with van der Waals surface area (Å²) in [5.41, 5.74) is 0.864. The van der Waals surface area contributed by atoms with Gasteiger partial charge in [0.25, 0.3) is 10.0 Å². The molecule has 0 heterocycles. The second-order valence-electron chi connectivity index (χ2n) is 5.22. The minimum absolute atomic E-state index is 0.0116. The van der Waals surface area contributed by atoms with Crippen molar-refractivity contribution < 1.29 is 22.7 Å². The first kappa shape index (κ1) is 19.8. The molecule has 0 bridgehead atoms. The fraction of sp³-hybridized carbons (Fsp3) is 0.176. The maximum atomic E-state index is 12.6. The van der Waals surface area contributed by atoms with Gasteiger partial charge < -0.3 is 10.1 Å². The summed E-state index contributed by atoms with van der Waals surface area (Å²) < 4.78 is 32.3. The first-order chi connectivity index (χ1) is 12.3. The van der Waals surface area contributed by atoms with E-state index in [1.165, 1.54) is 56.1 Å². The molecule has 138 valence electrons. The summed E-state index contributed by atoms with van der Waals surface area (Å²) in [7, 11) is -2.66. The summed E-state index contributed by atoms with van der Waals surface area (Å²) in [6.07, 6.45) is 1.82. The molecule has 1 amide bonds. The Labute approximate surface area is 156 Å². The summed E-state index contributed by atoms with van der Waals surface area (Å²) in [4.78, 5) is 23.6. The van der Waals surface area contributed by atoms with Gasteiger partial charge in [-0.15, -0.1) is 11.8 Å². The van der Waals surface area contributed by atoms with Crippen LogP contribution in [0.5, 0.6) is 0 Å². The van der Waals surface area contributed by atoms with Crippen molar-refractivity contribution in [1.82, 2.24) is 0 Å². The Balaban J connectivity index is 2.36. The highest BCUT2D eigenvalue weighted by Gasteiger charge is 2.17. The second-order valence-corrected chi connectivity index (χ2v) is 7.75. The average molecular weight is 394 g/mol. The number of esters is 1. The van der Waals surface area contributed by atoms with E-state index in [0.717, 1.165) is 4.90 Å². The summed E-state index contributed by atoms with van der Waals surface area (Å²) >= 11 is 1.39. The predicted octanol–water partition coefficient (Wildman–Crippen LogP) is 2.95. The van der Waals surface area contributed by atoms with Gasteiger partial charge in [0.1, 0.15) is 0 Å². The van der Waals surface area contributed by atoms with Crippen LogP contribution in [0.1, 0.15) is 17.3 Å². The van der Waals surface area contributed by atoms with Crippen molar-refractivity contribution in [3.05, 3.63) is 48.0 Å². The van der Waals surface area contributed by atoms with Gasteiger partial charge in [-0.1, -0.05) is 6.07 Å². The predicted molar refractivity (Wildman–Crippen MR) is 101 cm³/mol. The molecule has 26 heavy (non-hydrogen) atoms. The highest BCUT2D eigenvalue weighted by Crippen LogP contribution is 2.29. The van der Waals surface area contributed by atoms with Gasteiger partial charge in [-0.3, -0.25) is 9.52 Å². The van der Waals surface area contributed by atoms with Crippen LogP contribution in [0.3, 0.4) is 0 Å². The van der Waals surface area contributed by atoms with Crippen molar-refractivity contribution in [2.45, 2.75) is 16.7 Å². The van der Waals surface area contributed by atoms with E-state index in [-0.39, 0.29) is 22.1 Å². The van der Waals surface area contributed by atoms with Crippen LogP contribution in [0.4, 0.5) is 11.4 Å². The highest BCUT2D eigenvalue weighted by atomic mass is 32.2. The largest absolute Gasteiger partial charge is 0.465 e. The number of rotatable bonds is 6. The third-order valence-corrected chi connectivity index (χ3v) is 5.50. The van der Waals surface area contributed by atoms with Crippen LogP contribution >= 0.6 is 11.8 Å². The third kappa shape index (κ3) is 4.77. The molecule has 0 radical (unpaired) electrons. The van der Waals surface area contributed by atoms with Crippen LogP contribution in [-0.4, -0.2) is 33.7 Å². The van der Waals surface area contributed by atoms with Gasteiger partial charge in [0.15, 0.2) is 0 Å². The Morgan fingerprint density at radius 3 is 2.46 bits per heavy atom. The molecule has 0 aliphatic carbocycles. The van der Waals surface area contributed by atoms with E-state index in [4.69, 9.17) is 0 Å². The molecule has 0 aliphatic rings. The van der Waals surface area contributed by atoms with Gasteiger partial charge in [-0.2, -0.15) is 0 Å². The molecule has 2 aromatic rings. The molecule has 2 N–H and O–H groups in total. The zero-order valence-corrected chi connectivity index (χ0v) is 16.0. The molecule has 0 fully saturated rings. The van der Waals surface area contributed by atoms with Gasteiger partial charge in [0.05, 0.1) is 23.3 Å². The Kier molecular flexibility index (Phi) is 6.27. The Morgan fingerprint density at radius 1 is 1.12 bits per heavy atom. The molecular formula is C17H18N2O5S2. The number of thioether (sulfide) groups is 1. The average Bonchev–Trinajstić information content (AvgIpc) is 2.60. The Hall–Kier alpha value is -2.52. The minimum Gasteiger partial charge on any atom is -0.465 e. The fourth-order valence-corrected chi connectivity index (χ4v) is 3.79. The topological polar surface area (TPSA) is 102 Å². The van der Waals surface area contributed by atoms with E-state index in [1.54, 1.807) is 12.1 Å². The summed E-state index contributed by atoms with van der Waals surface area (Å²) in [6, 6.07) is 10.4.